The van der Waals surface area contributed by atoms with Crippen molar-refractivity contribution in [2.24, 2.45) is 0 Å². The van der Waals surface area contributed by atoms with Gasteiger partial charge in [0.15, 0.2) is 5.78 Å². The highest BCUT2D eigenvalue weighted by Gasteiger charge is 2.18. The highest BCUT2D eigenvalue weighted by atomic mass is 32.2. The Hall–Kier alpha value is -1.96. The molecule has 0 unspecified atom stereocenters. The summed E-state index contributed by atoms with van der Waals surface area (Å²) in [6.07, 6.45) is 0.885. The number of ketones is 1. The predicted molar refractivity (Wildman–Crippen MR) is 61.6 cm³/mol. The number of Topliss-reactive ketones (excluding diaryl/α,β-unsaturated/α-hetero) is 1. The molecule has 0 fully saturated rings. The van der Waals surface area contributed by atoms with Crippen molar-refractivity contribution in [2.75, 3.05) is 11.0 Å². The second-order valence-corrected chi connectivity index (χ2v) is 5.17. The van der Waals surface area contributed by atoms with E-state index in [1.807, 2.05) is 4.72 Å². The number of sulfonamides is 1. The van der Waals surface area contributed by atoms with Gasteiger partial charge in [0.05, 0.1) is 11.2 Å². The van der Waals surface area contributed by atoms with Crippen molar-refractivity contribution in [1.29, 1.82) is 0 Å². The number of rotatable bonds is 4. The van der Waals surface area contributed by atoms with Gasteiger partial charge in [-0.05, 0) is 19.1 Å². The van der Waals surface area contributed by atoms with Gasteiger partial charge in [0.1, 0.15) is 5.69 Å². The molecule has 0 aliphatic rings. The fourth-order valence-corrected chi connectivity index (χ4v) is 1.76. The monoisotopic (exact) mass is 258 g/mol. The fourth-order valence-electron chi connectivity index (χ4n) is 1.19. The molecule has 92 valence electrons. The average molecular weight is 258 g/mol. The molecule has 7 nitrogen and oxygen atoms in total. The molecule has 0 aliphatic heterocycles. The van der Waals surface area contributed by atoms with E-state index in [9.17, 15) is 23.3 Å². The van der Waals surface area contributed by atoms with Crippen LogP contribution in [0, 0.1) is 10.1 Å². The van der Waals surface area contributed by atoms with Crippen LogP contribution in [0.15, 0.2) is 18.2 Å². The molecular formula is C9H10N2O5S. The van der Waals surface area contributed by atoms with Crippen LogP contribution in [0.25, 0.3) is 0 Å². The van der Waals surface area contributed by atoms with Gasteiger partial charge in [-0.3, -0.25) is 19.6 Å². The summed E-state index contributed by atoms with van der Waals surface area (Å²) in [5, 5.41) is 10.7. The highest BCUT2D eigenvalue weighted by molar-refractivity contribution is 7.92. The highest BCUT2D eigenvalue weighted by Crippen LogP contribution is 2.26. The van der Waals surface area contributed by atoms with Crippen LogP contribution in [0.1, 0.15) is 17.3 Å². The molecule has 0 aromatic heterocycles. The summed E-state index contributed by atoms with van der Waals surface area (Å²) in [6, 6.07) is 3.55. The molecule has 0 bridgehead atoms. The number of hydrogen-bond acceptors (Lipinski definition) is 5. The van der Waals surface area contributed by atoms with Crippen LogP contribution < -0.4 is 4.72 Å². The van der Waals surface area contributed by atoms with Gasteiger partial charge in [-0.2, -0.15) is 0 Å². The first-order chi connectivity index (χ1) is 7.70. The van der Waals surface area contributed by atoms with Crippen molar-refractivity contribution in [3.8, 4) is 0 Å². The summed E-state index contributed by atoms with van der Waals surface area (Å²) in [5.74, 6) is -0.334. The van der Waals surface area contributed by atoms with E-state index in [0.717, 1.165) is 12.3 Å². The Morgan fingerprint density at radius 1 is 1.41 bits per heavy atom. The van der Waals surface area contributed by atoms with E-state index in [1.54, 1.807) is 0 Å². The van der Waals surface area contributed by atoms with Crippen molar-refractivity contribution in [3.05, 3.63) is 33.9 Å². The summed E-state index contributed by atoms with van der Waals surface area (Å²) in [6.45, 7) is 1.27. The molecule has 0 saturated heterocycles. The fraction of sp³-hybridized carbons (Fsp3) is 0.222. The predicted octanol–water partition coefficient (Wildman–Crippen LogP) is 1.17. The molecule has 17 heavy (non-hydrogen) atoms. The summed E-state index contributed by atoms with van der Waals surface area (Å²) in [4.78, 5) is 21.0. The standard InChI is InChI=1S/C9H10N2O5S/c1-6(12)7-3-4-8(10-17(2,15)16)9(5-7)11(13)14/h3-5,10H,1-2H3. The molecule has 1 N–H and O–H groups in total. The molecule has 8 heteroatoms. The van der Waals surface area contributed by atoms with Gasteiger partial charge in [0, 0.05) is 11.6 Å². The number of benzene rings is 1. The molecule has 0 spiro atoms. The van der Waals surface area contributed by atoms with Crippen molar-refractivity contribution in [3.63, 3.8) is 0 Å². The minimum absolute atomic E-state index is 0.149. The van der Waals surface area contributed by atoms with Crippen LogP contribution in [-0.4, -0.2) is 25.4 Å². The Labute approximate surface area is 97.7 Å². The first-order valence-electron chi connectivity index (χ1n) is 4.48. The molecule has 1 rings (SSSR count). The maximum atomic E-state index is 11.1. The number of nitro groups is 1. The van der Waals surface area contributed by atoms with Crippen LogP contribution in [-0.2, 0) is 10.0 Å². The zero-order valence-corrected chi connectivity index (χ0v) is 9.95. The smallest absolute Gasteiger partial charge is 0.294 e. The maximum absolute atomic E-state index is 11.1. The van der Waals surface area contributed by atoms with E-state index >= 15 is 0 Å². The topological polar surface area (TPSA) is 106 Å². The lowest BCUT2D eigenvalue weighted by atomic mass is 10.1. The van der Waals surface area contributed by atoms with Crippen molar-refractivity contribution in [1.82, 2.24) is 0 Å². The minimum atomic E-state index is -3.61. The van der Waals surface area contributed by atoms with E-state index in [1.165, 1.54) is 19.1 Å². The number of nitrogens with one attached hydrogen (secondary N) is 1. The normalized spacial score (nSPS) is 10.9. The van der Waals surface area contributed by atoms with Gasteiger partial charge in [0.2, 0.25) is 10.0 Å². The third kappa shape index (κ3) is 3.52. The lowest BCUT2D eigenvalue weighted by Crippen LogP contribution is -2.11. The second kappa shape index (κ2) is 4.50. The Balaban J connectivity index is 3.32. The van der Waals surface area contributed by atoms with E-state index in [-0.39, 0.29) is 17.0 Å². The molecule has 0 amide bonds. The molecule has 0 atom stereocenters. The number of carbonyl (C=O) groups is 1. The van der Waals surface area contributed by atoms with Gasteiger partial charge < -0.3 is 0 Å². The molecule has 0 radical (unpaired) electrons. The first-order valence-corrected chi connectivity index (χ1v) is 6.37. The molecule has 1 aromatic carbocycles. The molecule has 1 aromatic rings. The zero-order chi connectivity index (χ0) is 13.2. The van der Waals surface area contributed by atoms with E-state index < -0.39 is 20.6 Å². The van der Waals surface area contributed by atoms with Gasteiger partial charge >= 0.3 is 0 Å². The summed E-state index contributed by atoms with van der Waals surface area (Å²) < 4.78 is 24.0. The van der Waals surface area contributed by atoms with E-state index in [4.69, 9.17) is 0 Å². The molecule has 0 saturated carbocycles. The minimum Gasteiger partial charge on any atom is -0.295 e. The molecular weight excluding hydrogens is 248 g/mol. The third-order valence-electron chi connectivity index (χ3n) is 1.90. The van der Waals surface area contributed by atoms with Crippen LogP contribution in [0.3, 0.4) is 0 Å². The number of carbonyl (C=O) groups excluding carboxylic acids is 1. The van der Waals surface area contributed by atoms with Gasteiger partial charge in [-0.15, -0.1) is 0 Å². The van der Waals surface area contributed by atoms with Crippen molar-refractivity contribution >= 4 is 27.2 Å². The Morgan fingerprint density at radius 3 is 2.41 bits per heavy atom. The number of nitrogens with zero attached hydrogens (tertiary/aromatic N) is 1. The Morgan fingerprint density at radius 2 is 2.00 bits per heavy atom. The number of anilines is 1. The van der Waals surface area contributed by atoms with E-state index in [0.29, 0.717) is 0 Å². The van der Waals surface area contributed by atoms with Crippen molar-refractivity contribution in [2.45, 2.75) is 6.92 Å². The quantitative estimate of drug-likeness (QED) is 0.495. The van der Waals surface area contributed by atoms with Crippen LogP contribution in [0.4, 0.5) is 11.4 Å². The average Bonchev–Trinajstić information content (AvgIpc) is 2.14. The van der Waals surface area contributed by atoms with Crippen LogP contribution in [0.5, 0.6) is 0 Å². The summed E-state index contributed by atoms with van der Waals surface area (Å²) in [5.41, 5.74) is -0.471. The third-order valence-corrected chi connectivity index (χ3v) is 2.49. The number of hydrogen-bond donors (Lipinski definition) is 1. The van der Waals surface area contributed by atoms with Crippen molar-refractivity contribution < 1.29 is 18.1 Å². The van der Waals surface area contributed by atoms with Gasteiger partial charge in [0.25, 0.3) is 5.69 Å². The second-order valence-electron chi connectivity index (χ2n) is 3.42. The summed E-state index contributed by atoms with van der Waals surface area (Å²) >= 11 is 0. The number of nitro benzene ring substituents is 1. The van der Waals surface area contributed by atoms with E-state index in [2.05, 4.69) is 0 Å². The molecule has 0 aliphatic carbocycles. The van der Waals surface area contributed by atoms with Gasteiger partial charge in [-0.25, -0.2) is 8.42 Å². The largest absolute Gasteiger partial charge is 0.295 e. The van der Waals surface area contributed by atoms with Crippen LogP contribution in [0.2, 0.25) is 0 Å². The van der Waals surface area contributed by atoms with Crippen LogP contribution >= 0.6 is 0 Å². The Kier molecular flexibility index (Phi) is 3.47. The molecule has 0 heterocycles. The van der Waals surface area contributed by atoms with Gasteiger partial charge in [-0.1, -0.05) is 0 Å². The Bertz CT molecular complexity index is 579. The lowest BCUT2D eigenvalue weighted by Gasteiger charge is -2.05. The summed E-state index contributed by atoms with van der Waals surface area (Å²) in [7, 11) is -3.61. The zero-order valence-electron chi connectivity index (χ0n) is 9.13. The lowest BCUT2D eigenvalue weighted by molar-refractivity contribution is -0.383. The SMILES string of the molecule is CC(=O)c1ccc(NS(C)(=O)=O)c([N+](=O)[O-])c1. The maximum Gasteiger partial charge on any atom is 0.294 e. The first kappa shape index (κ1) is 13.1.